The van der Waals surface area contributed by atoms with Crippen LogP contribution >= 0.6 is 0 Å². The molecule has 1 atom stereocenters. The van der Waals surface area contributed by atoms with Gasteiger partial charge in [0.2, 0.25) is 0 Å². The highest BCUT2D eigenvalue weighted by atomic mass is 19.1. The number of ether oxygens (including phenoxy) is 1. The number of rotatable bonds is 8. The summed E-state index contributed by atoms with van der Waals surface area (Å²) in [5, 5.41) is 0. The monoisotopic (exact) mass is 294 g/mol. The zero-order valence-corrected chi connectivity index (χ0v) is 13.0. The molecule has 1 saturated heterocycles. The Morgan fingerprint density at radius 3 is 2.76 bits per heavy atom. The Morgan fingerprint density at radius 2 is 2.10 bits per heavy atom. The lowest BCUT2D eigenvalue weighted by Gasteiger charge is -2.15. The van der Waals surface area contributed by atoms with E-state index in [9.17, 15) is 4.39 Å². The highest BCUT2D eigenvalue weighted by Gasteiger charge is 2.11. The molecule has 1 aliphatic heterocycles. The number of hydrogen-bond donors (Lipinski definition) is 1. The number of benzene rings is 1. The van der Waals surface area contributed by atoms with Crippen molar-refractivity contribution in [2.24, 2.45) is 5.73 Å². The molecule has 1 aromatic rings. The van der Waals surface area contributed by atoms with Crippen molar-refractivity contribution in [1.82, 2.24) is 4.90 Å². The van der Waals surface area contributed by atoms with Crippen LogP contribution in [0.2, 0.25) is 0 Å². The minimum atomic E-state index is -0.281. The van der Waals surface area contributed by atoms with Crippen LogP contribution in [0.4, 0.5) is 4.39 Å². The van der Waals surface area contributed by atoms with Gasteiger partial charge >= 0.3 is 0 Å². The third-order valence-electron chi connectivity index (χ3n) is 4.09. The van der Waals surface area contributed by atoms with Crippen molar-refractivity contribution in [3.8, 4) is 5.75 Å². The lowest BCUT2D eigenvalue weighted by atomic mass is 10.0. The summed E-state index contributed by atoms with van der Waals surface area (Å²) in [5.74, 6) is 0.0715. The van der Waals surface area contributed by atoms with E-state index in [0.717, 1.165) is 24.9 Å². The van der Waals surface area contributed by atoms with Crippen molar-refractivity contribution in [1.29, 1.82) is 0 Å². The predicted molar refractivity (Wildman–Crippen MR) is 84.2 cm³/mol. The second-order valence-corrected chi connectivity index (χ2v) is 5.89. The number of likely N-dealkylation sites (tertiary alicyclic amines) is 1. The summed E-state index contributed by atoms with van der Waals surface area (Å²) >= 11 is 0. The van der Waals surface area contributed by atoms with Crippen molar-refractivity contribution >= 4 is 0 Å². The highest BCUT2D eigenvalue weighted by molar-refractivity contribution is 5.29. The molecule has 0 aromatic heterocycles. The number of hydrogen-bond acceptors (Lipinski definition) is 3. The van der Waals surface area contributed by atoms with Gasteiger partial charge in [-0.05, 0) is 62.9 Å². The molecule has 3 nitrogen and oxygen atoms in total. The molecule has 0 radical (unpaired) electrons. The van der Waals surface area contributed by atoms with E-state index in [1.165, 1.54) is 25.9 Å². The minimum absolute atomic E-state index is 0.0941. The van der Waals surface area contributed by atoms with Crippen LogP contribution in [0.3, 0.4) is 0 Å². The molecule has 0 amide bonds. The number of nitrogens with two attached hydrogens (primary N) is 1. The first kappa shape index (κ1) is 16.2. The summed E-state index contributed by atoms with van der Waals surface area (Å²) in [6.07, 6.45) is 5.16. The second kappa shape index (κ2) is 8.35. The lowest BCUT2D eigenvalue weighted by Crippen LogP contribution is -2.22. The van der Waals surface area contributed by atoms with Crippen LogP contribution in [0.25, 0.3) is 0 Å². The molecule has 1 fully saturated rings. The maximum absolute atomic E-state index is 14.0. The molecular formula is C17H27FN2O. The van der Waals surface area contributed by atoms with E-state index in [0.29, 0.717) is 18.8 Å². The maximum atomic E-state index is 14.0. The van der Waals surface area contributed by atoms with Gasteiger partial charge in [-0.2, -0.15) is 0 Å². The van der Waals surface area contributed by atoms with Crippen molar-refractivity contribution < 1.29 is 9.13 Å². The van der Waals surface area contributed by atoms with Crippen LogP contribution in [0.5, 0.6) is 5.75 Å². The Morgan fingerprint density at radius 1 is 1.33 bits per heavy atom. The average Bonchev–Trinajstić information content (AvgIpc) is 2.98. The molecule has 2 rings (SSSR count). The van der Waals surface area contributed by atoms with E-state index in [2.05, 4.69) is 4.90 Å². The molecule has 21 heavy (non-hydrogen) atoms. The van der Waals surface area contributed by atoms with E-state index < -0.39 is 0 Å². The summed E-state index contributed by atoms with van der Waals surface area (Å²) in [6, 6.07) is 5.28. The van der Waals surface area contributed by atoms with Crippen molar-refractivity contribution in [2.45, 2.75) is 45.1 Å². The summed E-state index contributed by atoms with van der Waals surface area (Å²) in [4.78, 5) is 2.44. The van der Waals surface area contributed by atoms with Gasteiger partial charge in [0.1, 0.15) is 0 Å². The fourth-order valence-corrected chi connectivity index (χ4v) is 2.71. The third kappa shape index (κ3) is 5.29. The predicted octanol–water partition coefficient (Wildman–Crippen LogP) is 2.97. The van der Waals surface area contributed by atoms with Gasteiger partial charge in [0.05, 0.1) is 6.61 Å². The van der Waals surface area contributed by atoms with Gasteiger partial charge in [0.25, 0.3) is 0 Å². The van der Waals surface area contributed by atoms with Crippen LogP contribution < -0.4 is 10.5 Å². The van der Waals surface area contributed by atoms with Crippen molar-refractivity contribution in [3.63, 3.8) is 0 Å². The molecule has 1 unspecified atom stereocenters. The lowest BCUT2D eigenvalue weighted by molar-refractivity contribution is 0.255. The summed E-state index contributed by atoms with van der Waals surface area (Å²) in [5.41, 5.74) is 6.83. The molecule has 1 heterocycles. The summed E-state index contributed by atoms with van der Waals surface area (Å²) in [6.45, 7) is 6.05. The average molecular weight is 294 g/mol. The van der Waals surface area contributed by atoms with Gasteiger partial charge in [0.15, 0.2) is 11.6 Å². The first-order valence-electron chi connectivity index (χ1n) is 8.08. The molecule has 4 heteroatoms. The second-order valence-electron chi connectivity index (χ2n) is 5.89. The molecule has 2 N–H and O–H groups in total. The van der Waals surface area contributed by atoms with E-state index >= 15 is 0 Å². The quantitative estimate of drug-likeness (QED) is 0.749. The van der Waals surface area contributed by atoms with Gasteiger partial charge in [-0.25, -0.2) is 4.39 Å². The Hall–Kier alpha value is -1.13. The molecule has 1 aromatic carbocycles. The first-order chi connectivity index (χ1) is 10.2. The zero-order valence-electron chi connectivity index (χ0n) is 13.0. The van der Waals surface area contributed by atoms with E-state index in [1.807, 2.05) is 13.0 Å². The van der Waals surface area contributed by atoms with E-state index in [1.54, 1.807) is 12.1 Å². The SMILES string of the molecule is CCC(N)Cc1ccc(OCCCN2CCCC2)c(F)c1. The smallest absolute Gasteiger partial charge is 0.165 e. The van der Waals surface area contributed by atoms with Gasteiger partial charge in [-0.1, -0.05) is 13.0 Å². The first-order valence-corrected chi connectivity index (χ1v) is 8.08. The fourth-order valence-electron chi connectivity index (χ4n) is 2.71. The number of nitrogens with zero attached hydrogens (tertiary/aromatic N) is 1. The molecule has 0 saturated carbocycles. The van der Waals surface area contributed by atoms with E-state index in [-0.39, 0.29) is 11.9 Å². The standard InChI is InChI=1S/C17H27FN2O/c1-2-15(19)12-14-6-7-17(16(18)13-14)21-11-5-10-20-8-3-4-9-20/h6-7,13,15H,2-5,8-12,19H2,1H3. The topological polar surface area (TPSA) is 38.5 Å². The van der Waals surface area contributed by atoms with Crippen LogP contribution in [-0.4, -0.2) is 37.2 Å². The van der Waals surface area contributed by atoms with Crippen LogP contribution in [0, 0.1) is 5.82 Å². The van der Waals surface area contributed by atoms with Crippen LogP contribution in [0.1, 0.15) is 38.2 Å². The maximum Gasteiger partial charge on any atom is 0.165 e. The number of halogens is 1. The Labute approximate surface area is 127 Å². The van der Waals surface area contributed by atoms with Crippen molar-refractivity contribution in [2.75, 3.05) is 26.2 Å². The minimum Gasteiger partial charge on any atom is -0.490 e. The van der Waals surface area contributed by atoms with Gasteiger partial charge in [-0.15, -0.1) is 0 Å². The van der Waals surface area contributed by atoms with E-state index in [4.69, 9.17) is 10.5 Å². The Balaban J connectivity index is 1.75. The highest BCUT2D eigenvalue weighted by Crippen LogP contribution is 2.19. The molecule has 0 spiro atoms. The van der Waals surface area contributed by atoms with Gasteiger partial charge in [0, 0.05) is 12.6 Å². The van der Waals surface area contributed by atoms with Crippen LogP contribution in [-0.2, 0) is 6.42 Å². The largest absolute Gasteiger partial charge is 0.490 e. The Bertz CT molecular complexity index is 433. The molecule has 1 aliphatic rings. The molecule has 118 valence electrons. The van der Waals surface area contributed by atoms with Gasteiger partial charge in [-0.3, -0.25) is 0 Å². The Kier molecular flexibility index (Phi) is 6.46. The fraction of sp³-hybridized carbons (Fsp3) is 0.647. The molecular weight excluding hydrogens is 267 g/mol. The molecule has 0 aliphatic carbocycles. The third-order valence-corrected chi connectivity index (χ3v) is 4.09. The zero-order chi connectivity index (χ0) is 15.1. The van der Waals surface area contributed by atoms with Crippen LogP contribution in [0.15, 0.2) is 18.2 Å². The van der Waals surface area contributed by atoms with Gasteiger partial charge < -0.3 is 15.4 Å². The summed E-state index contributed by atoms with van der Waals surface area (Å²) in [7, 11) is 0. The summed E-state index contributed by atoms with van der Waals surface area (Å²) < 4.78 is 19.5. The van der Waals surface area contributed by atoms with Crippen molar-refractivity contribution in [3.05, 3.63) is 29.6 Å². The molecule has 0 bridgehead atoms. The normalized spacial score (nSPS) is 17.1.